The van der Waals surface area contributed by atoms with Crippen LogP contribution in [0.2, 0.25) is 0 Å². The van der Waals surface area contributed by atoms with Crippen molar-refractivity contribution in [3.63, 3.8) is 0 Å². The molecular formula is C15H22N2O4. The van der Waals surface area contributed by atoms with Gasteiger partial charge in [-0.05, 0) is 25.1 Å². The molecule has 2 N–H and O–H groups in total. The van der Waals surface area contributed by atoms with Crippen molar-refractivity contribution in [3.8, 4) is 11.5 Å². The summed E-state index contributed by atoms with van der Waals surface area (Å²) in [5.74, 6) is 0.0105. The molecule has 0 saturated carbocycles. The molecule has 0 unspecified atom stereocenters. The SMILES string of the molecule is COc1cccc(C(=O)N2CCCN(CCO)CC2)c1O. The Morgan fingerprint density at radius 1 is 1.29 bits per heavy atom. The van der Waals surface area contributed by atoms with Crippen molar-refractivity contribution in [1.82, 2.24) is 9.80 Å². The van der Waals surface area contributed by atoms with Gasteiger partial charge in [-0.2, -0.15) is 0 Å². The minimum absolute atomic E-state index is 0.110. The van der Waals surface area contributed by atoms with E-state index in [2.05, 4.69) is 4.90 Å². The second-order valence-corrected chi connectivity index (χ2v) is 5.07. The fourth-order valence-electron chi connectivity index (χ4n) is 2.57. The number of para-hydroxylation sites is 1. The van der Waals surface area contributed by atoms with E-state index in [9.17, 15) is 9.90 Å². The summed E-state index contributed by atoms with van der Waals surface area (Å²) in [5, 5.41) is 19.1. The molecule has 1 aromatic carbocycles. The lowest BCUT2D eigenvalue weighted by molar-refractivity contribution is 0.0757. The van der Waals surface area contributed by atoms with Crippen LogP contribution in [-0.2, 0) is 0 Å². The van der Waals surface area contributed by atoms with Crippen molar-refractivity contribution in [2.45, 2.75) is 6.42 Å². The van der Waals surface area contributed by atoms with E-state index in [-0.39, 0.29) is 23.8 Å². The van der Waals surface area contributed by atoms with Crippen LogP contribution in [0.25, 0.3) is 0 Å². The summed E-state index contributed by atoms with van der Waals surface area (Å²) in [7, 11) is 1.46. The Hall–Kier alpha value is -1.79. The summed E-state index contributed by atoms with van der Waals surface area (Å²) in [6.07, 6.45) is 0.858. The summed E-state index contributed by atoms with van der Waals surface area (Å²) in [6.45, 7) is 3.61. The summed E-state index contributed by atoms with van der Waals surface area (Å²) >= 11 is 0. The molecule has 1 aromatic rings. The zero-order chi connectivity index (χ0) is 15.2. The minimum Gasteiger partial charge on any atom is -0.504 e. The number of nitrogens with zero attached hydrogens (tertiary/aromatic N) is 2. The van der Waals surface area contributed by atoms with Crippen molar-refractivity contribution in [3.05, 3.63) is 23.8 Å². The van der Waals surface area contributed by atoms with Crippen molar-refractivity contribution in [1.29, 1.82) is 0 Å². The maximum atomic E-state index is 12.5. The molecule has 1 aliphatic rings. The quantitative estimate of drug-likeness (QED) is 0.848. The molecule has 0 aromatic heterocycles. The predicted molar refractivity (Wildman–Crippen MR) is 78.7 cm³/mol. The zero-order valence-corrected chi connectivity index (χ0v) is 12.3. The number of hydrogen-bond donors (Lipinski definition) is 2. The molecule has 0 atom stereocenters. The Balaban J connectivity index is 2.10. The number of benzene rings is 1. The first-order chi connectivity index (χ1) is 10.2. The zero-order valence-electron chi connectivity index (χ0n) is 12.3. The highest BCUT2D eigenvalue weighted by Crippen LogP contribution is 2.30. The van der Waals surface area contributed by atoms with Crippen LogP contribution in [0.5, 0.6) is 11.5 Å². The number of amides is 1. The minimum atomic E-state index is -0.183. The number of aliphatic hydroxyl groups is 1. The first-order valence-electron chi connectivity index (χ1n) is 7.16. The van der Waals surface area contributed by atoms with E-state index >= 15 is 0 Å². The van der Waals surface area contributed by atoms with E-state index in [1.807, 2.05) is 0 Å². The van der Waals surface area contributed by atoms with Crippen LogP contribution >= 0.6 is 0 Å². The smallest absolute Gasteiger partial charge is 0.257 e. The Morgan fingerprint density at radius 3 is 2.81 bits per heavy atom. The van der Waals surface area contributed by atoms with Gasteiger partial charge in [-0.15, -0.1) is 0 Å². The van der Waals surface area contributed by atoms with E-state index in [0.29, 0.717) is 25.4 Å². The second kappa shape index (κ2) is 7.28. The van der Waals surface area contributed by atoms with Crippen LogP contribution in [0, 0.1) is 0 Å². The van der Waals surface area contributed by atoms with Crippen LogP contribution in [0.3, 0.4) is 0 Å². The third kappa shape index (κ3) is 3.65. The van der Waals surface area contributed by atoms with Crippen LogP contribution < -0.4 is 4.74 Å². The monoisotopic (exact) mass is 294 g/mol. The van der Waals surface area contributed by atoms with Crippen LogP contribution in [-0.4, -0.2) is 72.4 Å². The van der Waals surface area contributed by atoms with Gasteiger partial charge in [0.1, 0.15) is 0 Å². The van der Waals surface area contributed by atoms with Gasteiger partial charge in [0.25, 0.3) is 5.91 Å². The maximum Gasteiger partial charge on any atom is 0.257 e. The fraction of sp³-hybridized carbons (Fsp3) is 0.533. The van der Waals surface area contributed by atoms with Crippen LogP contribution in [0.1, 0.15) is 16.8 Å². The number of carbonyl (C=O) groups is 1. The molecule has 1 heterocycles. The number of carbonyl (C=O) groups excluding carboxylic acids is 1. The molecule has 0 aliphatic carbocycles. The van der Waals surface area contributed by atoms with E-state index in [4.69, 9.17) is 9.84 Å². The molecule has 116 valence electrons. The number of phenols is 1. The average molecular weight is 294 g/mol. The third-order valence-corrected chi connectivity index (χ3v) is 3.74. The lowest BCUT2D eigenvalue weighted by atomic mass is 10.1. The van der Waals surface area contributed by atoms with Crippen molar-refractivity contribution in [2.24, 2.45) is 0 Å². The molecule has 2 rings (SSSR count). The van der Waals surface area contributed by atoms with E-state index < -0.39 is 0 Å². The summed E-state index contributed by atoms with van der Waals surface area (Å²) in [5.41, 5.74) is 0.268. The molecule has 0 spiro atoms. The molecule has 0 bridgehead atoms. The number of β-amino-alcohol motifs (C(OH)–C–C–N with tert-alkyl or cyclic N) is 1. The highest BCUT2D eigenvalue weighted by atomic mass is 16.5. The van der Waals surface area contributed by atoms with Gasteiger partial charge in [0.2, 0.25) is 0 Å². The van der Waals surface area contributed by atoms with Gasteiger partial charge in [-0.25, -0.2) is 0 Å². The topological polar surface area (TPSA) is 73.2 Å². The van der Waals surface area contributed by atoms with E-state index in [1.165, 1.54) is 7.11 Å². The van der Waals surface area contributed by atoms with Crippen LogP contribution in [0.4, 0.5) is 0 Å². The Morgan fingerprint density at radius 2 is 2.10 bits per heavy atom. The number of hydrogen-bond acceptors (Lipinski definition) is 5. The Bertz CT molecular complexity index is 493. The van der Waals surface area contributed by atoms with Gasteiger partial charge >= 0.3 is 0 Å². The first kappa shape index (κ1) is 15.6. The molecule has 21 heavy (non-hydrogen) atoms. The highest BCUT2D eigenvalue weighted by Gasteiger charge is 2.23. The number of aromatic hydroxyl groups is 1. The molecule has 1 aliphatic heterocycles. The number of ether oxygens (including phenoxy) is 1. The fourth-order valence-corrected chi connectivity index (χ4v) is 2.57. The standard InChI is InChI=1S/C15H22N2O4/c1-21-13-5-2-4-12(14(13)19)15(20)17-7-3-6-16(8-9-17)10-11-18/h2,4-5,18-19H,3,6-11H2,1H3. The molecule has 1 fully saturated rings. The van der Waals surface area contributed by atoms with Crippen molar-refractivity contribution < 1.29 is 19.7 Å². The summed E-state index contributed by atoms with van der Waals surface area (Å²) in [4.78, 5) is 16.4. The van der Waals surface area contributed by atoms with Gasteiger partial charge < -0.3 is 19.8 Å². The maximum absolute atomic E-state index is 12.5. The van der Waals surface area contributed by atoms with Gasteiger partial charge in [0.15, 0.2) is 11.5 Å². The lowest BCUT2D eigenvalue weighted by Gasteiger charge is -2.22. The number of phenolic OH excluding ortho intramolecular Hbond substituents is 1. The molecule has 6 heteroatoms. The normalized spacial score (nSPS) is 16.6. The molecule has 6 nitrogen and oxygen atoms in total. The molecule has 0 radical (unpaired) electrons. The van der Waals surface area contributed by atoms with Crippen molar-refractivity contribution >= 4 is 5.91 Å². The van der Waals surface area contributed by atoms with E-state index in [1.54, 1.807) is 23.1 Å². The van der Waals surface area contributed by atoms with Gasteiger partial charge in [-0.1, -0.05) is 6.07 Å². The molecule has 1 saturated heterocycles. The first-order valence-corrected chi connectivity index (χ1v) is 7.16. The average Bonchev–Trinajstić information content (AvgIpc) is 2.73. The number of aliphatic hydroxyl groups excluding tert-OH is 1. The van der Waals surface area contributed by atoms with Crippen LogP contribution in [0.15, 0.2) is 18.2 Å². The van der Waals surface area contributed by atoms with Gasteiger partial charge in [-0.3, -0.25) is 9.69 Å². The van der Waals surface area contributed by atoms with Crippen molar-refractivity contribution in [2.75, 3.05) is 46.4 Å². The number of methoxy groups -OCH3 is 1. The molecular weight excluding hydrogens is 272 g/mol. The van der Waals surface area contributed by atoms with E-state index in [0.717, 1.165) is 19.5 Å². The third-order valence-electron chi connectivity index (χ3n) is 3.74. The Kier molecular flexibility index (Phi) is 5.41. The van der Waals surface area contributed by atoms with Gasteiger partial charge in [0, 0.05) is 26.2 Å². The Labute approximate surface area is 124 Å². The summed E-state index contributed by atoms with van der Waals surface area (Å²) < 4.78 is 5.04. The number of rotatable bonds is 4. The second-order valence-electron chi connectivity index (χ2n) is 5.07. The summed E-state index contributed by atoms with van der Waals surface area (Å²) in [6, 6.07) is 4.93. The van der Waals surface area contributed by atoms with Gasteiger partial charge in [0.05, 0.1) is 19.3 Å². The predicted octanol–water partition coefficient (Wildman–Crippen LogP) is 0.541. The largest absolute Gasteiger partial charge is 0.504 e. The molecule has 1 amide bonds. The lowest BCUT2D eigenvalue weighted by Crippen LogP contribution is -2.36. The highest BCUT2D eigenvalue weighted by molar-refractivity contribution is 5.97.